The molecule has 1 aromatic rings. The highest BCUT2D eigenvalue weighted by molar-refractivity contribution is 5.89. The zero-order valence-electron chi connectivity index (χ0n) is 12.8. The maximum Gasteiger partial charge on any atom is 0.314 e. The number of carbonyl (C=O) groups is 2. The van der Waals surface area contributed by atoms with Gasteiger partial charge in [-0.15, -0.1) is 0 Å². The van der Waals surface area contributed by atoms with E-state index in [0.29, 0.717) is 5.92 Å². The summed E-state index contributed by atoms with van der Waals surface area (Å²) in [5.41, 5.74) is 0.995. The predicted molar refractivity (Wildman–Crippen MR) is 81.6 cm³/mol. The highest BCUT2D eigenvalue weighted by Gasteiger charge is 2.28. The Morgan fingerprint density at radius 2 is 1.59 bits per heavy atom. The fraction of sp³-hybridized carbons (Fsp3) is 0.556. The van der Waals surface area contributed by atoms with Gasteiger partial charge in [0.25, 0.3) is 0 Å². The summed E-state index contributed by atoms with van der Waals surface area (Å²) >= 11 is 0. The molecule has 2 aliphatic rings. The molecule has 0 unspecified atom stereocenters. The van der Waals surface area contributed by atoms with Crippen LogP contribution in [-0.4, -0.2) is 18.5 Å². The van der Waals surface area contributed by atoms with Crippen LogP contribution in [0.5, 0.6) is 5.75 Å². The highest BCUT2D eigenvalue weighted by Crippen LogP contribution is 2.30. The molecule has 1 aliphatic heterocycles. The van der Waals surface area contributed by atoms with Crippen molar-refractivity contribution in [2.75, 3.05) is 6.61 Å². The van der Waals surface area contributed by atoms with Gasteiger partial charge in [0, 0.05) is 5.92 Å². The second-order valence-electron chi connectivity index (χ2n) is 6.34. The molecule has 0 aromatic heterocycles. The third kappa shape index (κ3) is 3.87. The molecule has 4 nitrogen and oxygen atoms in total. The summed E-state index contributed by atoms with van der Waals surface area (Å²) in [7, 11) is 0. The number of hydrogen-bond donors (Lipinski definition) is 0. The molecule has 0 spiro atoms. The van der Waals surface area contributed by atoms with Gasteiger partial charge in [0.1, 0.15) is 5.75 Å². The van der Waals surface area contributed by atoms with E-state index in [9.17, 15) is 9.59 Å². The molecule has 2 fully saturated rings. The maximum atomic E-state index is 11.3. The van der Waals surface area contributed by atoms with E-state index in [2.05, 4.69) is 4.74 Å². The summed E-state index contributed by atoms with van der Waals surface area (Å²) in [5.74, 6) is 0.608. The van der Waals surface area contributed by atoms with Crippen LogP contribution < -0.4 is 4.74 Å². The van der Waals surface area contributed by atoms with Gasteiger partial charge in [0.15, 0.2) is 0 Å². The van der Waals surface area contributed by atoms with Gasteiger partial charge in [0.05, 0.1) is 19.4 Å². The van der Waals surface area contributed by atoms with Crippen LogP contribution in [0.4, 0.5) is 0 Å². The van der Waals surface area contributed by atoms with Crippen molar-refractivity contribution in [1.82, 2.24) is 0 Å². The second kappa shape index (κ2) is 6.95. The van der Waals surface area contributed by atoms with Crippen molar-refractivity contribution in [2.24, 2.45) is 5.92 Å². The van der Waals surface area contributed by atoms with Crippen LogP contribution >= 0.6 is 0 Å². The van der Waals surface area contributed by atoms with Gasteiger partial charge in [-0.1, -0.05) is 31.4 Å². The molecule has 1 aromatic carbocycles. The summed E-state index contributed by atoms with van der Waals surface area (Å²) in [6.45, 7) is 0.785. The summed E-state index contributed by atoms with van der Waals surface area (Å²) in [5, 5.41) is 0. The predicted octanol–water partition coefficient (Wildman–Crippen LogP) is 3.59. The smallest absolute Gasteiger partial charge is 0.314 e. The first-order valence-corrected chi connectivity index (χ1v) is 8.17. The third-order valence-corrected chi connectivity index (χ3v) is 4.62. The topological polar surface area (TPSA) is 52.6 Å². The van der Waals surface area contributed by atoms with Crippen molar-refractivity contribution >= 4 is 11.9 Å². The number of benzene rings is 1. The molecule has 0 amide bonds. The molecule has 0 radical (unpaired) electrons. The average molecular weight is 302 g/mol. The van der Waals surface area contributed by atoms with E-state index in [4.69, 9.17) is 4.74 Å². The molecule has 1 heterocycles. The quantitative estimate of drug-likeness (QED) is 0.630. The molecule has 1 saturated heterocycles. The van der Waals surface area contributed by atoms with Gasteiger partial charge in [-0.3, -0.25) is 9.59 Å². The Kier molecular flexibility index (Phi) is 4.76. The van der Waals surface area contributed by atoms with Crippen molar-refractivity contribution in [3.05, 3.63) is 29.8 Å². The largest absolute Gasteiger partial charge is 0.493 e. The molecule has 0 bridgehead atoms. The normalized spacial score (nSPS) is 20.7. The molecular weight excluding hydrogens is 280 g/mol. The molecular formula is C18H22O4. The minimum atomic E-state index is -0.432. The Bertz CT molecular complexity index is 513. The number of rotatable bonds is 4. The van der Waals surface area contributed by atoms with Crippen LogP contribution in [-0.2, 0) is 14.3 Å². The lowest BCUT2D eigenvalue weighted by atomic mass is 9.90. The molecule has 118 valence electrons. The minimum absolute atomic E-state index is 0.0684. The minimum Gasteiger partial charge on any atom is -0.493 e. The lowest BCUT2D eigenvalue weighted by Crippen LogP contribution is -2.24. The SMILES string of the molecule is O=C1CC(c2ccc(OCC3CCCCC3)cc2)CC(=O)O1. The van der Waals surface area contributed by atoms with Crippen molar-refractivity contribution in [2.45, 2.75) is 50.9 Å². The zero-order valence-corrected chi connectivity index (χ0v) is 12.8. The fourth-order valence-corrected chi connectivity index (χ4v) is 3.32. The summed E-state index contributed by atoms with van der Waals surface area (Å²) < 4.78 is 10.4. The van der Waals surface area contributed by atoms with Gasteiger partial charge in [-0.25, -0.2) is 0 Å². The summed E-state index contributed by atoms with van der Waals surface area (Å²) in [4.78, 5) is 22.7. The molecule has 1 aliphatic carbocycles. The van der Waals surface area contributed by atoms with Gasteiger partial charge in [-0.05, 0) is 36.5 Å². The van der Waals surface area contributed by atoms with Crippen molar-refractivity contribution in [3.8, 4) is 5.75 Å². The average Bonchev–Trinajstić information content (AvgIpc) is 2.53. The maximum absolute atomic E-state index is 11.3. The number of carbonyl (C=O) groups excluding carboxylic acids is 2. The van der Waals surface area contributed by atoms with Gasteiger partial charge >= 0.3 is 11.9 Å². The van der Waals surface area contributed by atoms with E-state index in [1.165, 1.54) is 32.1 Å². The molecule has 3 rings (SSSR count). The monoisotopic (exact) mass is 302 g/mol. The van der Waals surface area contributed by atoms with E-state index in [1.807, 2.05) is 24.3 Å². The lowest BCUT2D eigenvalue weighted by molar-refractivity contribution is -0.163. The Morgan fingerprint density at radius 1 is 0.955 bits per heavy atom. The lowest BCUT2D eigenvalue weighted by Gasteiger charge is -2.22. The van der Waals surface area contributed by atoms with Crippen molar-refractivity contribution in [3.63, 3.8) is 0 Å². The zero-order chi connectivity index (χ0) is 15.4. The molecule has 4 heteroatoms. The van der Waals surface area contributed by atoms with E-state index < -0.39 is 11.9 Å². The Morgan fingerprint density at radius 3 is 2.23 bits per heavy atom. The Balaban J connectivity index is 1.55. The van der Waals surface area contributed by atoms with Crippen LogP contribution in [0, 0.1) is 5.92 Å². The third-order valence-electron chi connectivity index (χ3n) is 4.62. The van der Waals surface area contributed by atoms with Crippen LogP contribution in [0.1, 0.15) is 56.4 Å². The molecule has 1 saturated carbocycles. The van der Waals surface area contributed by atoms with Gasteiger partial charge < -0.3 is 9.47 Å². The van der Waals surface area contributed by atoms with Crippen molar-refractivity contribution < 1.29 is 19.1 Å². The van der Waals surface area contributed by atoms with Crippen LogP contribution in [0.25, 0.3) is 0 Å². The van der Waals surface area contributed by atoms with Gasteiger partial charge in [0.2, 0.25) is 0 Å². The van der Waals surface area contributed by atoms with Crippen molar-refractivity contribution in [1.29, 1.82) is 0 Å². The van der Waals surface area contributed by atoms with Crippen LogP contribution in [0.3, 0.4) is 0 Å². The van der Waals surface area contributed by atoms with Crippen LogP contribution in [0.2, 0.25) is 0 Å². The first kappa shape index (κ1) is 15.1. The first-order valence-electron chi connectivity index (χ1n) is 8.17. The summed E-state index contributed by atoms with van der Waals surface area (Å²) in [6, 6.07) is 7.77. The van der Waals surface area contributed by atoms with Crippen LogP contribution in [0.15, 0.2) is 24.3 Å². The molecule has 0 N–H and O–H groups in total. The fourth-order valence-electron chi connectivity index (χ4n) is 3.32. The second-order valence-corrected chi connectivity index (χ2v) is 6.34. The molecule has 0 atom stereocenters. The van der Waals surface area contributed by atoms with E-state index in [1.54, 1.807) is 0 Å². The Hall–Kier alpha value is -1.84. The van der Waals surface area contributed by atoms with E-state index in [-0.39, 0.29) is 18.8 Å². The highest BCUT2D eigenvalue weighted by atomic mass is 16.6. The number of hydrogen-bond acceptors (Lipinski definition) is 4. The van der Waals surface area contributed by atoms with E-state index in [0.717, 1.165) is 17.9 Å². The molecule has 22 heavy (non-hydrogen) atoms. The number of ether oxygens (including phenoxy) is 2. The van der Waals surface area contributed by atoms with Gasteiger partial charge in [-0.2, -0.15) is 0 Å². The Labute approximate surface area is 130 Å². The standard InChI is InChI=1S/C18H22O4/c19-17-10-15(11-18(20)22-17)14-6-8-16(9-7-14)21-12-13-4-2-1-3-5-13/h6-9,13,15H,1-5,10-12H2. The number of cyclic esters (lactones) is 2. The summed E-state index contributed by atoms with van der Waals surface area (Å²) in [6.07, 6.45) is 7.07. The number of esters is 2. The van der Waals surface area contributed by atoms with E-state index >= 15 is 0 Å². The first-order chi connectivity index (χ1) is 10.7.